The van der Waals surface area contributed by atoms with E-state index in [2.05, 4.69) is 4.72 Å². The topological polar surface area (TPSA) is 99.1 Å². The summed E-state index contributed by atoms with van der Waals surface area (Å²) in [6.45, 7) is 0.157. The Morgan fingerprint density at radius 2 is 1.73 bits per heavy atom. The second-order valence-electron chi connectivity index (χ2n) is 7.08. The first-order valence-corrected chi connectivity index (χ1v) is 11.1. The number of benzene rings is 2. The monoisotopic (exact) mass is 476 g/mol. The summed E-state index contributed by atoms with van der Waals surface area (Å²) < 4.78 is 33.4. The number of nitrogens with one attached hydrogen (secondary N) is 1. The first-order chi connectivity index (χ1) is 13.8. The van der Waals surface area contributed by atoms with Crippen LogP contribution in [-0.4, -0.2) is 68.1 Å². The molecular weight excluding hydrogens is 451 g/mol. The summed E-state index contributed by atoms with van der Waals surface area (Å²) in [5, 5.41) is 20.6. The molecule has 3 rings (SSSR count). The summed E-state index contributed by atoms with van der Waals surface area (Å²) >= 11 is 5.82. The van der Waals surface area contributed by atoms with Crippen LogP contribution in [0.15, 0.2) is 59.5 Å². The molecule has 0 radical (unpaired) electrons. The van der Waals surface area contributed by atoms with Crippen LogP contribution in [0.1, 0.15) is 5.56 Å². The summed E-state index contributed by atoms with van der Waals surface area (Å²) in [6.07, 6.45) is -2.35. The quantitative estimate of drug-likeness (QED) is 0.535. The predicted octanol–water partition coefficient (Wildman–Crippen LogP) is 1.66. The van der Waals surface area contributed by atoms with E-state index in [0.29, 0.717) is 11.6 Å². The van der Waals surface area contributed by atoms with Crippen LogP contribution >= 0.6 is 24.0 Å². The van der Waals surface area contributed by atoms with E-state index < -0.39 is 34.4 Å². The molecule has 0 amide bonds. The summed E-state index contributed by atoms with van der Waals surface area (Å²) in [7, 11) is -1.93. The lowest BCUT2D eigenvalue weighted by Crippen LogP contribution is -2.49. The van der Waals surface area contributed by atoms with Gasteiger partial charge in [0.2, 0.25) is 10.0 Å². The number of sulfonamides is 1. The Morgan fingerprint density at radius 1 is 1.10 bits per heavy atom. The van der Waals surface area contributed by atoms with Gasteiger partial charge in [0, 0.05) is 18.1 Å². The Hall–Kier alpha value is -1.23. The van der Waals surface area contributed by atoms with Crippen molar-refractivity contribution in [3.63, 3.8) is 0 Å². The van der Waals surface area contributed by atoms with Gasteiger partial charge in [-0.2, -0.15) is 0 Å². The molecule has 1 fully saturated rings. The van der Waals surface area contributed by atoms with Gasteiger partial charge in [0.05, 0.1) is 23.6 Å². The Balaban J connectivity index is 0.00000320. The van der Waals surface area contributed by atoms with E-state index in [-0.39, 0.29) is 30.5 Å². The molecule has 7 nitrogen and oxygen atoms in total. The third-order valence-corrected chi connectivity index (χ3v) is 6.71. The molecule has 2 aromatic carbocycles. The van der Waals surface area contributed by atoms with Gasteiger partial charge < -0.3 is 14.9 Å². The van der Waals surface area contributed by atoms with Gasteiger partial charge in [0.1, 0.15) is 12.2 Å². The molecule has 1 heterocycles. The van der Waals surface area contributed by atoms with Gasteiger partial charge in [-0.3, -0.25) is 4.90 Å². The number of aliphatic hydroxyl groups excluding tert-OH is 2. The number of halogens is 2. The highest BCUT2D eigenvalue weighted by Crippen LogP contribution is 2.26. The normalized spacial score (nSPS) is 24.0. The number of rotatable bonds is 8. The zero-order valence-corrected chi connectivity index (χ0v) is 18.8. The van der Waals surface area contributed by atoms with Crippen LogP contribution in [0.3, 0.4) is 0 Å². The van der Waals surface area contributed by atoms with E-state index in [1.54, 1.807) is 0 Å². The van der Waals surface area contributed by atoms with Crippen molar-refractivity contribution in [1.82, 2.24) is 9.62 Å². The van der Waals surface area contributed by atoms with E-state index in [1.165, 1.54) is 24.3 Å². The van der Waals surface area contributed by atoms with Crippen LogP contribution in [0.4, 0.5) is 0 Å². The molecule has 1 aliphatic rings. The molecule has 3 N–H and O–H groups in total. The SMILES string of the molecule is CN(Cc1ccccc1)[C@@H]1[C@H](O)[C@H](CO)O[C@@H]1CNS(=O)(=O)c1ccc(Cl)cc1.Cl. The van der Waals surface area contributed by atoms with Crippen LogP contribution < -0.4 is 4.72 Å². The molecule has 1 saturated heterocycles. The van der Waals surface area contributed by atoms with Gasteiger partial charge >= 0.3 is 0 Å². The van der Waals surface area contributed by atoms with Crippen LogP contribution in [0, 0.1) is 0 Å². The van der Waals surface area contributed by atoms with E-state index in [1.807, 2.05) is 42.3 Å². The maximum atomic E-state index is 12.6. The fraction of sp³-hybridized carbons (Fsp3) is 0.400. The Labute approximate surface area is 188 Å². The van der Waals surface area contributed by atoms with E-state index >= 15 is 0 Å². The van der Waals surface area contributed by atoms with E-state index in [4.69, 9.17) is 16.3 Å². The number of ether oxygens (including phenoxy) is 1. The van der Waals surface area contributed by atoms with Crippen molar-refractivity contribution in [2.45, 2.75) is 35.8 Å². The van der Waals surface area contributed by atoms with Gasteiger partial charge in [0.25, 0.3) is 0 Å². The van der Waals surface area contributed by atoms with Crippen molar-refractivity contribution in [3.05, 3.63) is 65.2 Å². The minimum atomic E-state index is -3.77. The third-order valence-electron chi connectivity index (χ3n) is 5.02. The van der Waals surface area contributed by atoms with Crippen LogP contribution in [0.25, 0.3) is 0 Å². The summed E-state index contributed by atoms with van der Waals surface area (Å²) in [5.74, 6) is 0. The van der Waals surface area contributed by atoms with Gasteiger partial charge in [0.15, 0.2) is 0 Å². The van der Waals surface area contributed by atoms with Crippen molar-refractivity contribution in [2.75, 3.05) is 20.2 Å². The fourth-order valence-corrected chi connectivity index (χ4v) is 4.73. The molecule has 0 aliphatic carbocycles. The van der Waals surface area contributed by atoms with Gasteiger partial charge in [-0.1, -0.05) is 41.9 Å². The highest BCUT2D eigenvalue weighted by molar-refractivity contribution is 7.89. The predicted molar refractivity (Wildman–Crippen MR) is 117 cm³/mol. The van der Waals surface area contributed by atoms with Gasteiger partial charge in [-0.05, 0) is 36.9 Å². The molecule has 1 aliphatic heterocycles. The molecule has 0 unspecified atom stereocenters. The highest BCUT2D eigenvalue weighted by Gasteiger charge is 2.45. The van der Waals surface area contributed by atoms with Crippen molar-refractivity contribution in [3.8, 4) is 0 Å². The maximum Gasteiger partial charge on any atom is 0.240 e. The number of aliphatic hydroxyl groups is 2. The first kappa shape index (κ1) is 25.0. The number of hydrogen-bond acceptors (Lipinski definition) is 6. The standard InChI is InChI=1S/C20H25ClN2O5S.ClH/c1-23(12-14-5-3-2-4-6-14)19-17(28-18(13-24)20(19)25)11-22-29(26,27)16-9-7-15(21)8-10-16;/h2-10,17-20,22,24-25H,11-13H2,1H3;1H/t17-,18+,19+,20-;/m1./s1. The average Bonchev–Trinajstić information content (AvgIpc) is 3.03. The molecule has 0 aromatic heterocycles. The maximum absolute atomic E-state index is 12.6. The Kier molecular flexibility index (Phi) is 9.08. The molecule has 166 valence electrons. The average molecular weight is 477 g/mol. The molecule has 0 saturated carbocycles. The number of hydrogen-bond donors (Lipinski definition) is 3. The lowest BCUT2D eigenvalue weighted by molar-refractivity contribution is -0.0201. The summed E-state index contributed by atoms with van der Waals surface area (Å²) in [6, 6.07) is 15.1. The zero-order chi connectivity index (χ0) is 21.0. The van der Waals surface area contributed by atoms with Gasteiger partial charge in [-0.25, -0.2) is 13.1 Å². The lowest BCUT2D eigenvalue weighted by Gasteiger charge is -2.30. The largest absolute Gasteiger partial charge is 0.394 e. The molecule has 10 heteroatoms. The molecular formula is C20H26Cl2N2O5S. The molecule has 0 bridgehead atoms. The lowest BCUT2D eigenvalue weighted by atomic mass is 10.0. The second-order valence-corrected chi connectivity index (χ2v) is 9.29. The van der Waals surface area contributed by atoms with Crippen LogP contribution in [-0.2, 0) is 21.3 Å². The van der Waals surface area contributed by atoms with E-state index in [9.17, 15) is 18.6 Å². The molecule has 30 heavy (non-hydrogen) atoms. The van der Waals surface area contributed by atoms with E-state index in [0.717, 1.165) is 5.56 Å². The highest BCUT2D eigenvalue weighted by atomic mass is 35.5. The van der Waals surface area contributed by atoms with Crippen molar-refractivity contribution < 1.29 is 23.4 Å². The summed E-state index contributed by atoms with van der Waals surface area (Å²) in [4.78, 5) is 2.00. The molecule has 2 aromatic rings. The third kappa shape index (κ3) is 5.93. The van der Waals surface area contributed by atoms with Crippen LogP contribution in [0.5, 0.6) is 0 Å². The van der Waals surface area contributed by atoms with Crippen molar-refractivity contribution >= 4 is 34.0 Å². The Morgan fingerprint density at radius 3 is 2.33 bits per heavy atom. The Bertz CT molecular complexity index is 899. The number of likely N-dealkylation sites (N-methyl/N-ethyl adjacent to an activating group) is 1. The smallest absolute Gasteiger partial charge is 0.240 e. The van der Waals surface area contributed by atoms with Crippen LogP contribution in [0.2, 0.25) is 5.02 Å². The van der Waals surface area contributed by atoms with Crippen molar-refractivity contribution in [1.29, 1.82) is 0 Å². The number of nitrogens with zero attached hydrogens (tertiary/aromatic N) is 1. The fourth-order valence-electron chi connectivity index (χ4n) is 3.56. The second kappa shape index (κ2) is 10.9. The summed E-state index contributed by atoms with van der Waals surface area (Å²) in [5.41, 5.74) is 1.05. The van der Waals surface area contributed by atoms with Gasteiger partial charge in [-0.15, -0.1) is 12.4 Å². The van der Waals surface area contributed by atoms with Crippen molar-refractivity contribution in [2.24, 2.45) is 0 Å². The first-order valence-electron chi connectivity index (χ1n) is 9.25. The minimum Gasteiger partial charge on any atom is -0.394 e. The zero-order valence-electron chi connectivity index (χ0n) is 16.4. The molecule has 4 atom stereocenters. The molecule has 0 spiro atoms. The minimum absolute atomic E-state index is 0.